The van der Waals surface area contributed by atoms with Gasteiger partial charge in [-0.25, -0.2) is 0 Å². The second kappa shape index (κ2) is 10.3. The Kier molecular flexibility index (Phi) is 9.92. The number of rotatable bonds is 10. The molecule has 0 spiro atoms. The first-order valence-electron chi connectivity index (χ1n) is 6.66. The molecule has 0 saturated heterocycles. The topological polar surface area (TPSA) is 70.6 Å². The summed E-state index contributed by atoms with van der Waals surface area (Å²) in [5, 5.41) is 14.4. The van der Waals surface area contributed by atoms with Gasteiger partial charge in [0.15, 0.2) is 0 Å². The van der Waals surface area contributed by atoms with E-state index in [0.717, 1.165) is 32.4 Å². The maximum absolute atomic E-state index is 10.7. The van der Waals surface area contributed by atoms with Crippen molar-refractivity contribution in [2.45, 2.75) is 45.6 Å². The Morgan fingerprint density at radius 2 is 1.83 bits per heavy atom. The van der Waals surface area contributed by atoms with Gasteiger partial charge < -0.3 is 20.5 Å². The Bertz CT molecular complexity index is 215. The van der Waals surface area contributed by atoms with Crippen molar-refractivity contribution in [2.24, 2.45) is 0 Å². The standard InChI is InChI=1S/C13H28N2O3/c1-13(2,3)15-7-5-4-6-9-18-10-8-14-12(17)11-16/h15-16H,4-11H2,1-3H3,(H,14,17). The molecular weight excluding hydrogens is 232 g/mol. The molecule has 1 amide bonds. The van der Waals surface area contributed by atoms with E-state index >= 15 is 0 Å². The number of hydrogen-bond acceptors (Lipinski definition) is 4. The lowest BCUT2D eigenvalue weighted by atomic mass is 10.1. The number of nitrogens with one attached hydrogen (secondary N) is 2. The summed E-state index contributed by atoms with van der Waals surface area (Å²) >= 11 is 0. The van der Waals surface area contributed by atoms with E-state index in [0.29, 0.717) is 13.2 Å². The van der Waals surface area contributed by atoms with Crippen LogP contribution in [0.25, 0.3) is 0 Å². The summed E-state index contributed by atoms with van der Waals surface area (Å²) in [6.45, 7) is 8.77. The molecule has 0 aliphatic heterocycles. The Hall–Kier alpha value is -0.650. The highest BCUT2D eigenvalue weighted by Gasteiger charge is 2.06. The van der Waals surface area contributed by atoms with Crippen LogP contribution in [0.15, 0.2) is 0 Å². The first kappa shape index (κ1) is 17.4. The lowest BCUT2D eigenvalue weighted by molar-refractivity contribution is -0.124. The Morgan fingerprint density at radius 1 is 1.11 bits per heavy atom. The zero-order valence-electron chi connectivity index (χ0n) is 11.9. The third-order valence-electron chi connectivity index (χ3n) is 2.33. The lowest BCUT2D eigenvalue weighted by Gasteiger charge is -2.20. The minimum absolute atomic E-state index is 0.196. The molecule has 5 heteroatoms. The summed E-state index contributed by atoms with van der Waals surface area (Å²) < 4.78 is 5.36. The molecule has 0 aromatic rings. The van der Waals surface area contributed by atoms with Crippen molar-refractivity contribution in [3.05, 3.63) is 0 Å². The molecule has 0 aromatic carbocycles. The molecule has 0 heterocycles. The average Bonchev–Trinajstić information content (AvgIpc) is 2.29. The van der Waals surface area contributed by atoms with E-state index in [1.54, 1.807) is 0 Å². The van der Waals surface area contributed by atoms with Crippen LogP contribution in [0.5, 0.6) is 0 Å². The molecule has 0 saturated carbocycles. The van der Waals surface area contributed by atoms with Crippen LogP contribution in [0, 0.1) is 0 Å². The third kappa shape index (κ3) is 13.4. The summed E-state index contributed by atoms with van der Waals surface area (Å²) in [5.74, 6) is -0.355. The van der Waals surface area contributed by atoms with Crippen molar-refractivity contribution in [1.82, 2.24) is 10.6 Å². The fraction of sp³-hybridized carbons (Fsp3) is 0.923. The zero-order chi connectivity index (χ0) is 13.9. The summed E-state index contributed by atoms with van der Waals surface area (Å²) in [5.41, 5.74) is 0.196. The number of amides is 1. The summed E-state index contributed by atoms with van der Waals surface area (Å²) in [6.07, 6.45) is 3.34. The van der Waals surface area contributed by atoms with E-state index in [1.807, 2.05) is 0 Å². The van der Waals surface area contributed by atoms with Gasteiger partial charge in [0.2, 0.25) is 5.91 Å². The Morgan fingerprint density at radius 3 is 2.44 bits per heavy atom. The number of ether oxygens (including phenoxy) is 1. The summed E-state index contributed by atoms with van der Waals surface area (Å²) in [4.78, 5) is 10.7. The van der Waals surface area contributed by atoms with E-state index in [2.05, 4.69) is 31.4 Å². The van der Waals surface area contributed by atoms with Gasteiger partial charge in [0.05, 0.1) is 6.61 Å². The van der Waals surface area contributed by atoms with Crippen molar-refractivity contribution in [3.8, 4) is 0 Å². The van der Waals surface area contributed by atoms with Crippen molar-refractivity contribution < 1.29 is 14.6 Å². The van der Waals surface area contributed by atoms with Crippen LogP contribution in [0.2, 0.25) is 0 Å². The Balaban J connectivity index is 3.10. The second-order valence-corrected chi connectivity index (χ2v) is 5.36. The zero-order valence-corrected chi connectivity index (χ0v) is 11.9. The van der Waals surface area contributed by atoms with Crippen LogP contribution in [-0.2, 0) is 9.53 Å². The van der Waals surface area contributed by atoms with E-state index in [1.165, 1.54) is 0 Å². The second-order valence-electron chi connectivity index (χ2n) is 5.36. The minimum Gasteiger partial charge on any atom is -0.387 e. The molecule has 108 valence electrons. The van der Waals surface area contributed by atoms with Gasteiger partial charge >= 0.3 is 0 Å². The molecule has 5 nitrogen and oxygen atoms in total. The SMILES string of the molecule is CC(C)(C)NCCCCCOCCNC(=O)CO. The van der Waals surface area contributed by atoms with Crippen molar-refractivity contribution >= 4 is 5.91 Å². The van der Waals surface area contributed by atoms with Crippen molar-refractivity contribution in [3.63, 3.8) is 0 Å². The molecule has 0 aromatic heterocycles. The van der Waals surface area contributed by atoms with Gasteiger partial charge in [-0.2, -0.15) is 0 Å². The van der Waals surface area contributed by atoms with Crippen LogP contribution in [0.4, 0.5) is 0 Å². The fourth-order valence-electron chi connectivity index (χ4n) is 1.39. The van der Waals surface area contributed by atoms with Gasteiger partial charge in [-0.15, -0.1) is 0 Å². The molecule has 0 bridgehead atoms. The number of hydrogen-bond donors (Lipinski definition) is 3. The smallest absolute Gasteiger partial charge is 0.245 e. The highest BCUT2D eigenvalue weighted by molar-refractivity contribution is 5.76. The largest absolute Gasteiger partial charge is 0.387 e. The van der Waals surface area contributed by atoms with Crippen molar-refractivity contribution in [1.29, 1.82) is 0 Å². The molecule has 3 N–H and O–H groups in total. The van der Waals surface area contributed by atoms with Crippen LogP contribution in [-0.4, -0.2) is 49.5 Å². The fourth-order valence-corrected chi connectivity index (χ4v) is 1.39. The first-order valence-corrected chi connectivity index (χ1v) is 6.66. The summed E-state index contributed by atoms with van der Waals surface area (Å²) in [6, 6.07) is 0. The number of unbranched alkanes of at least 4 members (excludes halogenated alkanes) is 2. The molecule has 0 rings (SSSR count). The van der Waals surface area contributed by atoms with E-state index < -0.39 is 6.61 Å². The predicted octanol–water partition coefficient (Wildman–Crippen LogP) is 0.670. The van der Waals surface area contributed by atoms with Gasteiger partial charge in [0.1, 0.15) is 6.61 Å². The van der Waals surface area contributed by atoms with Crippen LogP contribution < -0.4 is 10.6 Å². The third-order valence-corrected chi connectivity index (χ3v) is 2.33. The molecule has 0 atom stereocenters. The highest BCUT2D eigenvalue weighted by Crippen LogP contribution is 2.00. The molecule has 0 aliphatic rings. The molecule has 0 aliphatic carbocycles. The number of carbonyl (C=O) groups excluding carboxylic acids is 1. The number of carbonyl (C=O) groups is 1. The predicted molar refractivity (Wildman–Crippen MR) is 72.5 cm³/mol. The van der Waals surface area contributed by atoms with E-state index in [-0.39, 0.29) is 11.4 Å². The monoisotopic (exact) mass is 260 g/mol. The average molecular weight is 260 g/mol. The maximum atomic E-state index is 10.7. The quantitative estimate of drug-likeness (QED) is 0.505. The normalized spacial score (nSPS) is 11.6. The molecule has 18 heavy (non-hydrogen) atoms. The Labute approximate surface area is 110 Å². The van der Waals surface area contributed by atoms with Crippen LogP contribution >= 0.6 is 0 Å². The minimum atomic E-state index is -0.458. The molecular formula is C13H28N2O3. The lowest BCUT2D eigenvalue weighted by Crippen LogP contribution is -2.36. The number of aliphatic hydroxyl groups is 1. The molecule has 0 fully saturated rings. The molecule has 0 unspecified atom stereocenters. The molecule has 0 radical (unpaired) electrons. The van der Waals surface area contributed by atoms with Crippen LogP contribution in [0.1, 0.15) is 40.0 Å². The highest BCUT2D eigenvalue weighted by atomic mass is 16.5. The summed E-state index contributed by atoms with van der Waals surface area (Å²) in [7, 11) is 0. The maximum Gasteiger partial charge on any atom is 0.245 e. The van der Waals surface area contributed by atoms with Crippen molar-refractivity contribution in [2.75, 3.05) is 32.9 Å². The van der Waals surface area contributed by atoms with Crippen LogP contribution in [0.3, 0.4) is 0 Å². The van der Waals surface area contributed by atoms with Gasteiger partial charge in [-0.05, 0) is 46.6 Å². The van der Waals surface area contributed by atoms with Gasteiger partial charge in [0, 0.05) is 18.7 Å². The van der Waals surface area contributed by atoms with Gasteiger partial charge in [-0.1, -0.05) is 0 Å². The van der Waals surface area contributed by atoms with Gasteiger partial charge in [0.25, 0.3) is 0 Å². The first-order chi connectivity index (χ1) is 8.45. The van der Waals surface area contributed by atoms with Gasteiger partial charge in [-0.3, -0.25) is 4.79 Å². The number of aliphatic hydroxyl groups excluding tert-OH is 1. The van der Waals surface area contributed by atoms with E-state index in [4.69, 9.17) is 9.84 Å². The van der Waals surface area contributed by atoms with E-state index in [9.17, 15) is 4.79 Å².